The zero-order chi connectivity index (χ0) is 19.2. The Morgan fingerprint density at radius 3 is 2.67 bits per heavy atom. The smallest absolute Gasteiger partial charge is 0.366 e. The lowest BCUT2D eigenvalue weighted by Crippen LogP contribution is -2.59. The summed E-state index contributed by atoms with van der Waals surface area (Å²) in [6.45, 7) is -0.0954. The minimum absolute atomic E-state index is 0.199. The molecule has 2 aromatic rings. The molecule has 3 heterocycles. The molecule has 2 aromatic heterocycles. The van der Waals surface area contributed by atoms with E-state index in [0.29, 0.717) is 29.4 Å². The molecule has 0 unspecified atom stereocenters. The second kappa shape index (κ2) is 6.50. The molecule has 1 aliphatic heterocycles. The molecule has 0 aromatic carbocycles. The van der Waals surface area contributed by atoms with Crippen LogP contribution in [0.15, 0.2) is 29.3 Å². The standard InChI is InChI=1S/C17H19F3N6O/c1-24(14-4-5-21-16(23-14)11-2-3-11)13-8-25(9-13)12-6-15(27)26(22-7-12)10-17(18,19)20/h4-7,11,13H,2-3,8-10H2,1H3. The third kappa shape index (κ3) is 3.88. The molecular formula is C17H19F3N6O. The number of anilines is 2. The molecular weight excluding hydrogens is 361 g/mol. The van der Waals surface area contributed by atoms with E-state index in [1.807, 2.05) is 18.0 Å². The quantitative estimate of drug-likeness (QED) is 0.788. The van der Waals surface area contributed by atoms with Crippen LogP contribution in [0.3, 0.4) is 0 Å². The number of likely N-dealkylation sites (N-methyl/N-ethyl adjacent to an activating group) is 1. The van der Waals surface area contributed by atoms with Crippen molar-refractivity contribution in [2.45, 2.75) is 37.5 Å². The van der Waals surface area contributed by atoms with Gasteiger partial charge in [0.1, 0.15) is 18.2 Å². The fraction of sp³-hybridized carbons (Fsp3) is 0.529. The minimum Gasteiger partial charge on any atom is -0.366 e. The van der Waals surface area contributed by atoms with Gasteiger partial charge in [0.25, 0.3) is 5.56 Å². The van der Waals surface area contributed by atoms with Gasteiger partial charge in [0, 0.05) is 38.3 Å². The second-order valence-electron chi connectivity index (χ2n) is 7.04. The van der Waals surface area contributed by atoms with E-state index in [0.717, 1.165) is 24.5 Å². The van der Waals surface area contributed by atoms with E-state index in [-0.39, 0.29) is 6.04 Å². The van der Waals surface area contributed by atoms with Gasteiger partial charge in [0.2, 0.25) is 0 Å². The van der Waals surface area contributed by atoms with Crippen LogP contribution in [-0.4, -0.2) is 52.1 Å². The van der Waals surface area contributed by atoms with Gasteiger partial charge < -0.3 is 9.80 Å². The van der Waals surface area contributed by atoms with Crippen molar-refractivity contribution in [1.29, 1.82) is 0 Å². The largest absolute Gasteiger partial charge is 0.408 e. The van der Waals surface area contributed by atoms with E-state index >= 15 is 0 Å². The Morgan fingerprint density at radius 2 is 2.04 bits per heavy atom. The van der Waals surface area contributed by atoms with Crippen molar-refractivity contribution in [2.24, 2.45) is 0 Å². The fourth-order valence-corrected chi connectivity index (χ4v) is 3.08. The van der Waals surface area contributed by atoms with E-state index in [4.69, 9.17) is 0 Å². The molecule has 27 heavy (non-hydrogen) atoms. The number of hydrogen-bond donors (Lipinski definition) is 0. The SMILES string of the molecule is CN(c1ccnc(C2CC2)n1)C1CN(c2cnn(CC(F)(F)F)c(=O)c2)C1. The number of rotatable bonds is 5. The Labute approximate surface area is 153 Å². The van der Waals surface area contributed by atoms with Crippen LogP contribution in [-0.2, 0) is 6.54 Å². The van der Waals surface area contributed by atoms with Crippen LogP contribution in [0.4, 0.5) is 24.7 Å². The van der Waals surface area contributed by atoms with Crippen molar-refractivity contribution in [3.8, 4) is 0 Å². The number of alkyl halides is 3. The fourth-order valence-electron chi connectivity index (χ4n) is 3.08. The van der Waals surface area contributed by atoms with Crippen molar-refractivity contribution < 1.29 is 13.2 Å². The summed E-state index contributed by atoms with van der Waals surface area (Å²) in [6.07, 6.45) is 0.876. The zero-order valence-electron chi connectivity index (χ0n) is 14.7. The topological polar surface area (TPSA) is 67.2 Å². The molecule has 10 heteroatoms. The summed E-state index contributed by atoms with van der Waals surface area (Å²) in [5, 5.41) is 3.64. The molecule has 0 amide bonds. The molecule has 4 rings (SSSR count). The van der Waals surface area contributed by atoms with Gasteiger partial charge in [-0.2, -0.15) is 18.3 Å². The highest BCUT2D eigenvalue weighted by Gasteiger charge is 2.33. The Morgan fingerprint density at radius 1 is 1.30 bits per heavy atom. The van der Waals surface area contributed by atoms with Crippen molar-refractivity contribution >= 4 is 11.5 Å². The van der Waals surface area contributed by atoms with Crippen LogP contribution in [0, 0.1) is 0 Å². The van der Waals surface area contributed by atoms with Gasteiger partial charge in [-0.1, -0.05) is 0 Å². The summed E-state index contributed by atoms with van der Waals surface area (Å²) in [4.78, 5) is 24.8. The Balaban J connectivity index is 1.39. The van der Waals surface area contributed by atoms with Crippen molar-refractivity contribution in [3.63, 3.8) is 0 Å². The van der Waals surface area contributed by atoms with Gasteiger partial charge in [-0.05, 0) is 18.9 Å². The van der Waals surface area contributed by atoms with Crippen LogP contribution >= 0.6 is 0 Å². The van der Waals surface area contributed by atoms with Crippen LogP contribution in [0.25, 0.3) is 0 Å². The van der Waals surface area contributed by atoms with E-state index in [9.17, 15) is 18.0 Å². The van der Waals surface area contributed by atoms with Gasteiger partial charge in [-0.3, -0.25) is 4.79 Å². The Kier molecular flexibility index (Phi) is 4.27. The van der Waals surface area contributed by atoms with E-state index in [1.54, 1.807) is 6.20 Å². The number of nitrogens with zero attached hydrogens (tertiary/aromatic N) is 6. The summed E-state index contributed by atoms with van der Waals surface area (Å²) in [7, 11) is 1.96. The van der Waals surface area contributed by atoms with Gasteiger partial charge in [-0.15, -0.1) is 0 Å². The molecule has 0 N–H and O–H groups in total. The first-order chi connectivity index (χ1) is 12.8. The molecule has 2 fully saturated rings. The van der Waals surface area contributed by atoms with E-state index < -0.39 is 18.3 Å². The zero-order valence-corrected chi connectivity index (χ0v) is 14.7. The summed E-state index contributed by atoms with van der Waals surface area (Å²) in [5.41, 5.74) is -0.226. The van der Waals surface area contributed by atoms with E-state index in [2.05, 4.69) is 20.0 Å². The number of aromatic nitrogens is 4. The monoisotopic (exact) mass is 380 g/mol. The highest BCUT2D eigenvalue weighted by Crippen LogP contribution is 2.38. The maximum Gasteiger partial charge on any atom is 0.408 e. The second-order valence-corrected chi connectivity index (χ2v) is 7.04. The van der Waals surface area contributed by atoms with Gasteiger partial charge in [0.15, 0.2) is 0 Å². The normalized spacial score (nSPS) is 17.7. The average Bonchev–Trinajstić information content (AvgIpc) is 3.40. The molecule has 0 atom stereocenters. The van der Waals surface area contributed by atoms with Crippen molar-refractivity contribution in [3.05, 3.63) is 40.7 Å². The maximum atomic E-state index is 12.4. The maximum absolute atomic E-state index is 12.4. The third-order valence-corrected chi connectivity index (χ3v) is 4.92. The lowest BCUT2D eigenvalue weighted by Gasteiger charge is -2.45. The molecule has 144 valence electrons. The first-order valence-electron chi connectivity index (χ1n) is 8.75. The lowest BCUT2D eigenvalue weighted by atomic mass is 10.1. The Bertz CT molecular complexity index is 889. The van der Waals surface area contributed by atoms with Gasteiger partial charge in [-0.25, -0.2) is 14.6 Å². The van der Waals surface area contributed by atoms with Gasteiger partial charge in [0.05, 0.1) is 17.9 Å². The third-order valence-electron chi connectivity index (χ3n) is 4.92. The minimum atomic E-state index is -4.47. The molecule has 7 nitrogen and oxygen atoms in total. The summed E-state index contributed by atoms with van der Waals surface area (Å²) in [6, 6.07) is 3.27. The van der Waals surface area contributed by atoms with Crippen molar-refractivity contribution in [2.75, 3.05) is 29.9 Å². The number of hydrogen-bond acceptors (Lipinski definition) is 6. The summed E-state index contributed by atoms with van der Waals surface area (Å²) < 4.78 is 37.7. The van der Waals surface area contributed by atoms with Crippen molar-refractivity contribution in [1.82, 2.24) is 19.7 Å². The van der Waals surface area contributed by atoms with Crippen LogP contribution in [0.5, 0.6) is 0 Å². The summed E-state index contributed by atoms with van der Waals surface area (Å²) >= 11 is 0. The molecule has 1 saturated heterocycles. The highest BCUT2D eigenvalue weighted by atomic mass is 19.4. The lowest BCUT2D eigenvalue weighted by molar-refractivity contribution is -0.143. The molecule has 1 saturated carbocycles. The molecule has 2 aliphatic rings. The highest BCUT2D eigenvalue weighted by molar-refractivity contribution is 5.50. The molecule has 0 spiro atoms. The van der Waals surface area contributed by atoms with Gasteiger partial charge >= 0.3 is 6.18 Å². The predicted molar refractivity (Wildman–Crippen MR) is 93.0 cm³/mol. The molecule has 0 bridgehead atoms. The first kappa shape index (κ1) is 17.7. The van der Waals surface area contributed by atoms with E-state index in [1.165, 1.54) is 12.3 Å². The molecule has 1 aliphatic carbocycles. The predicted octanol–water partition coefficient (Wildman–Crippen LogP) is 1.80. The average molecular weight is 380 g/mol. The first-order valence-corrected chi connectivity index (χ1v) is 8.75. The molecule has 0 radical (unpaired) electrons. The van der Waals surface area contributed by atoms with Crippen LogP contribution in [0.2, 0.25) is 0 Å². The van der Waals surface area contributed by atoms with Crippen LogP contribution in [0.1, 0.15) is 24.6 Å². The number of halogens is 3. The summed E-state index contributed by atoms with van der Waals surface area (Å²) in [5.74, 6) is 2.22. The van der Waals surface area contributed by atoms with Crippen LogP contribution < -0.4 is 15.4 Å². The Hall–Kier alpha value is -2.65.